The van der Waals surface area contributed by atoms with Gasteiger partial charge < -0.3 is 19.1 Å². The van der Waals surface area contributed by atoms with E-state index >= 15 is 0 Å². The molecule has 1 N–H and O–H groups in total. The zero-order valence-corrected chi connectivity index (χ0v) is 15.1. The fourth-order valence-corrected chi connectivity index (χ4v) is 2.49. The maximum absolute atomic E-state index is 12.4. The molecule has 2 aromatic rings. The van der Waals surface area contributed by atoms with Crippen molar-refractivity contribution in [3.8, 4) is 11.4 Å². The number of ether oxygens (including phenoxy) is 2. The van der Waals surface area contributed by atoms with Gasteiger partial charge >= 0.3 is 11.9 Å². The zero-order chi connectivity index (χ0) is 18.8. The first-order valence-electron chi connectivity index (χ1n) is 7.96. The molecule has 0 spiro atoms. The van der Waals surface area contributed by atoms with Gasteiger partial charge in [-0.15, -0.1) is 0 Å². The molecule has 0 aliphatic heterocycles. The highest BCUT2D eigenvalue weighted by Crippen LogP contribution is 2.27. The lowest BCUT2D eigenvalue weighted by atomic mass is 10.1. The van der Waals surface area contributed by atoms with E-state index < -0.39 is 24.1 Å². The number of carboxylic acids is 1. The number of carbonyl (C=O) groups is 2. The van der Waals surface area contributed by atoms with Crippen molar-refractivity contribution in [1.82, 2.24) is 4.57 Å². The van der Waals surface area contributed by atoms with Crippen LogP contribution in [0.3, 0.4) is 0 Å². The molecule has 134 valence electrons. The van der Waals surface area contributed by atoms with Crippen molar-refractivity contribution in [2.24, 2.45) is 0 Å². The van der Waals surface area contributed by atoms with Gasteiger partial charge in [-0.05, 0) is 58.9 Å². The average molecular weight is 345 g/mol. The number of benzene rings is 1. The molecule has 6 nitrogen and oxygen atoms in total. The Bertz CT molecular complexity index is 779. The third-order valence-electron chi connectivity index (χ3n) is 3.46. The first kappa shape index (κ1) is 18.6. The van der Waals surface area contributed by atoms with Gasteiger partial charge in [-0.25, -0.2) is 9.59 Å². The molecule has 6 heteroatoms. The summed E-state index contributed by atoms with van der Waals surface area (Å²) >= 11 is 0. The van der Waals surface area contributed by atoms with Crippen LogP contribution in [0.1, 0.15) is 42.5 Å². The minimum Gasteiger partial charge on any atom is -0.481 e. The van der Waals surface area contributed by atoms with E-state index in [-0.39, 0.29) is 11.3 Å². The molecule has 25 heavy (non-hydrogen) atoms. The van der Waals surface area contributed by atoms with E-state index in [0.717, 1.165) is 17.1 Å². The number of nitrogens with zero attached hydrogens (tertiary/aromatic N) is 1. The zero-order valence-electron chi connectivity index (χ0n) is 15.1. The molecule has 1 heterocycles. The van der Waals surface area contributed by atoms with Crippen molar-refractivity contribution >= 4 is 11.9 Å². The monoisotopic (exact) mass is 345 g/mol. The van der Waals surface area contributed by atoms with Crippen LogP contribution in [0, 0.1) is 13.8 Å². The van der Waals surface area contributed by atoms with Gasteiger partial charge in [-0.2, -0.15) is 0 Å². The molecule has 0 aliphatic carbocycles. The molecular weight excluding hydrogens is 322 g/mol. The highest BCUT2D eigenvalue weighted by atomic mass is 16.6. The van der Waals surface area contributed by atoms with E-state index in [0.29, 0.717) is 0 Å². The van der Waals surface area contributed by atoms with Gasteiger partial charge in [0.05, 0.1) is 0 Å². The molecule has 0 aliphatic rings. The van der Waals surface area contributed by atoms with Crippen LogP contribution in [0.25, 0.3) is 5.69 Å². The van der Waals surface area contributed by atoms with Gasteiger partial charge in [-0.3, -0.25) is 0 Å². The van der Waals surface area contributed by atoms with E-state index in [9.17, 15) is 9.59 Å². The summed E-state index contributed by atoms with van der Waals surface area (Å²) in [4.78, 5) is 23.3. The summed E-state index contributed by atoms with van der Waals surface area (Å²) in [6, 6.07) is 9.00. The second-order valence-corrected chi connectivity index (χ2v) is 6.82. The topological polar surface area (TPSA) is 77.8 Å². The summed E-state index contributed by atoms with van der Waals surface area (Å²) in [6.07, 6.45) is 0. The van der Waals surface area contributed by atoms with E-state index in [4.69, 9.17) is 14.6 Å². The maximum atomic E-state index is 12.4. The number of hydrogen-bond donors (Lipinski definition) is 1. The molecule has 0 fully saturated rings. The Morgan fingerprint density at radius 3 is 2.20 bits per heavy atom. The minimum absolute atomic E-state index is 0.182. The van der Waals surface area contributed by atoms with Crippen molar-refractivity contribution in [3.05, 3.63) is 47.3 Å². The quantitative estimate of drug-likeness (QED) is 0.839. The summed E-state index contributed by atoms with van der Waals surface area (Å²) < 4.78 is 12.7. The molecule has 1 aromatic carbocycles. The first-order chi connectivity index (χ1) is 11.6. The number of aromatic nitrogens is 1. The molecule has 0 atom stereocenters. The standard InChI is InChI=1S/C19H23NO5/c1-12-6-7-13(2)20(12)14-8-9-15(18(23)25-19(3,4)5)16(10-14)24-11-17(21)22/h6-10H,11H2,1-5H3,(H,21,22). The second-order valence-electron chi connectivity index (χ2n) is 6.82. The number of hydrogen-bond acceptors (Lipinski definition) is 4. The fourth-order valence-electron chi connectivity index (χ4n) is 2.49. The lowest BCUT2D eigenvalue weighted by Gasteiger charge is -2.21. The van der Waals surface area contributed by atoms with E-state index in [1.165, 1.54) is 0 Å². The van der Waals surface area contributed by atoms with E-state index in [1.54, 1.807) is 39.0 Å². The SMILES string of the molecule is Cc1ccc(C)n1-c1ccc(C(=O)OC(C)(C)C)c(OCC(=O)O)c1. The largest absolute Gasteiger partial charge is 0.481 e. The molecule has 2 rings (SSSR count). The van der Waals surface area contributed by atoms with Crippen molar-refractivity contribution in [2.75, 3.05) is 6.61 Å². The van der Waals surface area contributed by atoms with Crippen LogP contribution in [0.15, 0.2) is 30.3 Å². The molecule has 0 unspecified atom stereocenters. The van der Waals surface area contributed by atoms with Gasteiger partial charge in [0.1, 0.15) is 16.9 Å². The second kappa shape index (κ2) is 7.01. The van der Waals surface area contributed by atoms with Crippen LogP contribution < -0.4 is 4.74 Å². The number of carboxylic acid groups (broad SMARTS) is 1. The van der Waals surface area contributed by atoms with Gasteiger partial charge in [0.15, 0.2) is 6.61 Å². The number of aryl methyl sites for hydroxylation is 2. The summed E-state index contributed by atoms with van der Waals surface area (Å²) in [5.41, 5.74) is 2.36. The summed E-state index contributed by atoms with van der Waals surface area (Å²) in [6.45, 7) is 8.69. The van der Waals surface area contributed by atoms with E-state index in [1.807, 2.05) is 30.5 Å². The first-order valence-corrected chi connectivity index (χ1v) is 7.96. The van der Waals surface area contributed by atoms with Gasteiger partial charge in [0, 0.05) is 23.1 Å². The third-order valence-corrected chi connectivity index (χ3v) is 3.46. The van der Waals surface area contributed by atoms with Gasteiger partial charge in [0.2, 0.25) is 0 Å². The number of aliphatic carboxylic acids is 1. The Hall–Kier alpha value is -2.76. The van der Waals surface area contributed by atoms with Gasteiger partial charge in [-0.1, -0.05) is 0 Å². The predicted octanol–water partition coefficient (Wildman–Crippen LogP) is 3.51. The molecule has 1 aromatic heterocycles. The molecule has 0 radical (unpaired) electrons. The minimum atomic E-state index is -1.12. The Kier molecular flexibility index (Phi) is 5.21. The summed E-state index contributed by atoms with van der Waals surface area (Å²) in [7, 11) is 0. The van der Waals surface area contributed by atoms with Crippen molar-refractivity contribution in [1.29, 1.82) is 0 Å². The van der Waals surface area contributed by atoms with E-state index in [2.05, 4.69) is 0 Å². The molecule has 0 saturated heterocycles. The Balaban J connectivity index is 2.46. The highest BCUT2D eigenvalue weighted by Gasteiger charge is 2.22. The Morgan fingerprint density at radius 1 is 1.08 bits per heavy atom. The molecule has 0 saturated carbocycles. The maximum Gasteiger partial charge on any atom is 0.342 e. The average Bonchev–Trinajstić information content (AvgIpc) is 2.82. The Morgan fingerprint density at radius 2 is 1.68 bits per heavy atom. The fraction of sp³-hybridized carbons (Fsp3) is 0.368. The highest BCUT2D eigenvalue weighted by molar-refractivity contribution is 5.93. The van der Waals surface area contributed by atoms with Crippen LogP contribution in [-0.2, 0) is 9.53 Å². The normalized spacial score (nSPS) is 11.2. The number of esters is 1. The van der Waals surface area contributed by atoms with Crippen LogP contribution in [0.2, 0.25) is 0 Å². The molecule has 0 amide bonds. The summed E-state index contributed by atoms with van der Waals surface area (Å²) in [5, 5.41) is 8.89. The van der Waals surface area contributed by atoms with Crippen molar-refractivity contribution < 1.29 is 24.2 Å². The Labute approximate surface area is 147 Å². The van der Waals surface area contributed by atoms with Crippen molar-refractivity contribution in [2.45, 2.75) is 40.2 Å². The molecular formula is C19H23NO5. The third kappa shape index (κ3) is 4.62. The molecule has 0 bridgehead atoms. The van der Waals surface area contributed by atoms with Gasteiger partial charge in [0.25, 0.3) is 0 Å². The van der Waals surface area contributed by atoms with Crippen LogP contribution in [0.5, 0.6) is 5.75 Å². The lowest BCUT2D eigenvalue weighted by molar-refractivity contribution is -0.139. The smallest absolute Gasteiger partial charge is 0.342 e. The van der Waals surface area contributed by atoms with Crippen LogP contribution in [-0.4, -0.2) is 33.8 Å². The van der Waals surface area contributed by atoms with Crippen molar-refractivity contribution in [3.63, 3.8) is 0 Å². The van der Waals surface area contributed by atoms with Crippen LogP contribution >= 0.6 is 0 Å². The van der Waals surface area contributed by atoms with Crippen LogP contribution in [0.4, 0.5) is 0 Å². The number of carbonyl (C=O) groups excluding carboxylic acids is 1. The lowest BCUT2D eigenvalue weighted by Crippen LogP contribution is -2.24. The summed E-state index contributed by atoms with van der Waals surface area (Å²) in [5.74, 6) is -1.49. The number of rotatable bonds is 5. The predicted molar refractivity (Wildman–Crippen MR) is 93.5 cm³/mol.